The van der Waals surface area contributed by atoms with Gasteiger partial charge in [0, 0.05) is 0 Å². The minimum Gasteiger partial charge on any atom is -0.299 e. The molecule has 1 aliphatic rings. The lowest BCUT2D eigenvalue weighted by Crippen LogP contribution is -1.68. The average molecular weight is 110 g/mol. The highest BCUT2D eigenvalue weighted by Gasteiger charge is 2.18. The van der Waals surface area contributed by atoms with Gasteiger partial charge in [0.2, 0.25) is 0 Å². The van der Waals surface area contributed by atoms with E-state index in [9.17, 15) is 4.79 Å². The molecule has 0 aromatic rings. The molecule has 0 radical (unpaired) electrons. The fourth-order valence-electron chi connectivity index (χ4n) is 0.680. The SMILES string of the molecule is O=C/C=C/CC1CC1. The van der Waals surface area contributed by atoms with Crippen molar-refractivity contribution in [3.05, 3.63) is 12.2 Å². The van der Waals surface area contributed by atoms with Gasteiger partial charge in [-0.15, -0.1) is 0 Å². The summed E-state index contributed by atoms with van der Waals surface area (Å²) in [7, 11) is 0. The summed E-state index contributed by atoms with van der Waals surface area (Å²) in [5, 5.41) is 0. The third kappa shape index (κ3) is 1.92. The van der Waals surface area contributed by atoms with Crippen LogP contribution in [0.1, 0.15) is 19.3 Å². The number of allylic oxidation sites excluding steroid dienone is 2. The maximum Gasteiger partial charge on any atom is 0.142 e. The van der Waals surface area contributed by atoms with Crippen LogP contribution in [-0.4, -0.2) is 6.29 Å². The quantitative estimate of drug-likeness (QED) is 0.398. The summed E-state index contributed by atoms with van der Waals surface area (Å²) >= 11 is 0. The number of rotatable bonds is 3. The van der Waals surface area contributed by atoms with E-state index in [1.807, 2.05) is 6.08 Å². The second-order valence-corrected chi connectivity index (χ2v) is 2.24. The Kier molecular flexibility index (Phi) is 1.84. The highest BCUT2D eigenvalue weighted by Crippen LogP contribution is 2.32. The third-order valence-corrected chi connectivity index (χ3v) is 1.38. The molecule has 1 fully saturated rings. The van der Waals surface area contributed by atoms with Gasteiger partial charge in [0.15, 0.2) is 0 Å². The molecule has 0 saturated heterocycles. The Morgan fingerprint density at radius 3 is 2.75 bits per heavy atom. The van der Waals surface area contributed by atoms with Crippen LogP contribution in [0.2, 0.25) is 0 Å². The number of carbonyl (C=O) groups excluding carboxylic acids is 1. The molecule has 0 N–H and O–H groups in total. The van der Waals surface area contributed by atoms with Crippen LogP contribution in [0.15, 0.2) is 12.2 Å². The van der Waals surface area contributed by atoms with Crippen molar-refractivity contribution in [2.24, 2.45) is 5.92 Å². The molecule has 1 nitrogen and oxygen atoms in total. The molecule has 1 saturated carbocycles. The first kappa shape index (κ1) is 5.54. The monoisotopic (exact) mass is 110 g/mol. The molecule has 44 valence electrons. The molecule has 0 heterocycles. The van der Waals surface area contributed by atoms with E-state index >= 15 is 0 Å². The lowest BCUT2D eigenvalue weighted by Gasteiger charge is -1.79. The Labute approximate surface area is 49.4 Å². The predicted octanol–water partition coefficient (Wildman–Crippen LogP) is 1.54. The molecule has 0 aromatic carbocycles. The Morgan fingerprint density at radius 2 is 2.25 bits per heavy atom. The summed E-state index contributed by atoms with van der Waals surface area (Å²) in [5.41, 5.74) is 0. The van der Waals surface area contributed by atoms with Gasteiger partial charge in [-0.25, -0.2) is 0 Å². The number of hydrogen-bond acceptors (Lipinski definition) is 1. The van der Waals surface area contributed by atoms with Crippen LogP contribution in [0, 0.1) is 5.92 Å². The average Bonchev–Trinajstić information content (AvgIpc) is 2.51. The van der Waals surface area contributed by atoms with Crippen molar-refractivity contribution in [2.45, 2.75) is 19.3 Å². The summed E-state index contributed by atoms with van der Waals surface area (Å²) < 4.78 is 0. The molecule has 0 aromatic heterocycles. The zero-order valence-electron chi connectivity index (χ0n) is 4.84. The molecular formula is C7H10O. The molecule has 1 aliphatic carbocycles. The molecule has 0 spiro atoms. The fourth-order valence-corrected chi connectivity index (χ4v) is 0.680. The second-order valence-electron chi connectivity index (χ2n) is 2.24. The lowest BCUT2D eigenvalue weighted by atomic mass is 10.3. The van der Waals surface area contributed by atoms with Crippen molar-refractivity contribution < 1.29 is 4.79 Å². The van der Waals surface area contributed by atoms with Gasteiger partial charge in [0.1, 0.15) is 6.29 Å². The molecule has 0 amide bonds. The molecule has 0 bridgehead atoms. The van der Waals surface area contributed by atoms with Gasteiger partial charge in [0.25, 0.3) is 0 Å². The van der Waals surface area contributed by atoms with Crippen LogP contribution in [0.4, 0.5) is 0 Å². The van der Waals surface area contributed by atoms with E-state index in [4.69, 9.17) is 0 Å². The van der Waals surface area contributed by atoms with Crippen molar-refractivity contribution in [3.8, 4) is 0 Å². The summed E-state index contributed by atoms with van der Waals surface area (Å²) in [6.07, 6.45) is 8.20. The normalized spacial score (nSPS) is 19.5. The Balaban J connectivity index is 2.01. The molecule has 8 heavy (non-hydrogen) atoms. The van der Waals surface area contributed by atoms with Crippen molar-refractivity contribution >= 4 is 6.29 Å². The number of carbonyl (C=O) groups is 1. The van der Waals surface area contributed by atoms with Gasteiger partial charge in [-0.2, -0.15) is 0 Å². The molecule has 1 heteroatoms. The molecule has 0 atom stereocenters. The molecule has 0 aliphatic heterocycles. The van der Waals surface area contributed by atoms with E-state index in [0.29, 0.717) is 0 Å². The van der Waals surface area contributed by atoms with Crippen molar-refractivity contribution in [1.29, 1.82) is 0 Å². The molecule has 1 rings (SSSR count). The standard InChI is InChI=1S/C7H10O/c8-6-2-1-3-7-4-5-7/h1-2,6-7H,3-5H2/b2-1+. The van der Waals surface area contributed by atoms with Crippen LogP contribution in [-0.2, 0) is 4.79 Å². The Hall–Kier alpha value is -0.590. The molecule has 0 unspecified atom stereocenters. The first-order chi connectivity index (χ1) is 3.93. The van der Waals surface area contributed by atoms with Gasteiger partial charge in [0.05, 0.1) is 0 Å². The predicted molar refractivity (Wildman–Crippen MR) is 32.5 cm³/mol. The zero-order chi connectivity index (χ0) is 5.82. The zero-order valence-corrected chi connectivity index (χ0v) is 4.84. The maximum absolute atomic E-state index is 9.72. The maximum atomic E-state index is 9.72. The summed E-state index contributed by atoms with van der Waals surface area (Å²) in [4.78, 5) is 9.72. The minimum absolute atomic E-state index is 0.836. The van der Waals surface area contributed by atoms with Crippen LogP contribution in [0.25, 0.3) is 0 Å². The summed E-state index contributed by atoms with van der Waals surface area (Å²) in [5.74, 6) is 0.909. The van der Waals surface area contributed by atoms with Crippen LogP contribution in [0.5, 0.6) is 0 Å². The minimum atomic E-state index is 0.836. The van der Waals surface area contributed by atoms with Crippen LogP contribution >= 0.6 is 0 Å². The summed E-state index contributed by atoms with van der Waals surface area (Å²) in [6.45, 7) is 0. The summed E-state index contributed by atoms with van der Waals surface area (Å²) in [6, 6.07) is 0. The van der Waals surface area contributed by atoms with E-state index in [0.717, 1.165) is 18.6 Å². The largest absolute Gasteiger partial charge is 0.299 e. The van der Waals surface area contributed by atoms with Gasteiger partial charge < -0.3 is 0 Å². The Bertz CT molecular complexity index is 101. The first-order valence-corrected chi connectivity index (χ1v) is 3.04. The van der Waals surface area contributed by atoms with Crippen LogP contribution < -0.4 is 0 Å². The van der Waals surface area contributed by atoms with Crippen molar-refractivity contribution in [1.82, 2.24) is 0 Å². The van der Waals surface area contributed by atoms with Gasteiger partial charge in [-0.1, -0.05) is 6.08 Å². The van der Waals surface area contributed by atoms with Crippen molar-refractivity contribution in [3.63, 3.8) is 0 Å². The highest BCUT2D eigenvalue weighted by atomic mass is 16.1. The second kappa shape index (κ2) is 2.65. The van der Waals surface area contributed by atoms with Gasteiger partial charge in [-0.3, -0.25) is 4.79 Å². The van der Waals surface area contributed by atoms with Crippen molar-refractivity contribution in [2.75, 3.05) is 0 Å². The number of hydrogen-bond donors (Lipinski definition) is 0. The Morgan fingerprint density at radius 1 is 1.50 bits per heavy atom. The highest BCUT2D eigenvalue weighted by molar-refractivity contribution is 5.64. The van der Waals surface area contributed by atoms with Gasteiger partial charge in [-0.05, 0) is 31.3 Å². The smallest absolute Gasteiger partial charge is 0.142 e. The van der Waals surface area contributed by atoms with Gasteiger partial charge >= 0.3 is 0 Å². The number of aldehydes is 1. The lowest BCUT2D eigenvalue weighted by molar-refractivity contribution is -0.104. The third-order valence-electron chi connectivity index (χ3n) is 1.38. The molecular weight excluding hydrogens is 100 g/mol. The van der Waals surface area contributed by atoms with E-state index < -0.39 is 0 Å². The fraction of sp³-hybridized carbons (Fsp3) is 0.571. The van der Waals surface area contributed by atoms with E-state index in [1.54, 1.807) is 6.08 Å². The topological polar surface area (TPSA) is 17.1 Å². The van der Waals surface area contributed by atoms with E-state index in [1.165, 1.54) is 12.8 Å². The first-order valence-electron chi connectivity index (χ1n) is 3.04. The van der Waals surface area contributed by atoms with Crippen LogP contribution in [0.3, 0.4) is 0 Å². The van der Waals surface area contributed by atoms with E-state index in [-0.39, 0.29) is 0 Å². The van der Waals surface area contributed by atoms with E-state index in [2.05, 4.69) is 0 Å².